The van der Waals surface area contributed by atoms with Gasteiger partial charge in [0.15, 0.2) is 5.82 Å². The summed E-state index contributed by atoms with van der Waals surface area (Å²) in [6, 6.07) is 1.53. The second-order valence-corrected chi connectivity index (χ2v) is 4.09. The standard InChI is InChI=1S/C11H15FN4O/c1-15-4-6-16(7-5-15)11(17)9-2-3-13-10(8-12)14-9/h2-3H,4-8H2,1H3. The summed E-state index contributed by atoms with van der Waals surface area (Å²) >= 11 is 0. The number of rotatable bonds is 2. The Balaban J connectivity index is 2.08. The Kier molecular flexibility index (Phi) is 3.63. The van der Waals surface area contributed by atoms with Crippen molar-refractivity contribution < 1.29 is 9.18 Å². The third-order valence-electron chi connectivity index (χ3n) is 2.83. The highest BCUT2D eigenvalue weighted by Gasteiger charge is 2.21. The van der Waals surface area contributed by atoms with Crippen LogP contribution in [0.15, 0.2) is 12.3 Å². The SMILES string of the molecule is CN1CCN(C(=O)c2ccnc(CF)n2)CC1. The summed E-state index contributed by atoms with van der Waals surface area (Å²) in [5, 5.41) is 0. The Morgan fingerprint density at radius 2 is 2.12 bits per heavy atom. The summed E-state index contributed by atoms with van der Waals surface area (Å²) in [5.74, 6) is -0.0832. The topological polar surface area (TPSA) is 49.3 Å². The number of nitrogens with zero attached hydrogens (tertiary/aromatic N) is 4. The Labute approximate surface area is 99.3 Å². The van der Waals surface area contributed by atoms with E-state index in [2.05, 4.69) is 14.9 Å². The third kappa shape index (κ3) is 2.76. The Morgan fingerprint density at radius 3 is 2.76 bits per heavy atom. The molecule has 2 rings (SSSR count). The van der Waals surface area contributed by atoms with E-state index >= 15 is 0 Å². The van der Waals surface area contributed by atoms with Crippen LogP contribution in [0.25, 0.3) is 0 Å². The van der Waals surface area contributed by atoms with Crippen LogP contribution in [0.4, 0.5) is 4.39 Å². The number of piperazine rings is 1. The second-order valence-electron chi connectivity index (χ2n) is 4.09. The number of hydrogen-bond donors (Lipinski definition) is 0. The largest absolute Gasteiger partial charge is 0.335 e. The average molecular weight is 238 g/mol. The number of alkyl halides is 1. The maximum absolute atomic E-state index is 12.4. The molecule has 0 unspecified atom stereocenters. The Morgan fingerprint density at radius 1 is 1.41 bits per heavy atom. The predicted molar refractivity (Wildman–Crippen MR) is 60.2 cm³/mol. The van der Waals surface area contributed by atoms with Gasteiger partial charge >= 0.3 is 0 Å². The number of hydrogen-bond acceptors (Lipinski definition) is 4. The van der Waals surface area contributed by atoms with Gasteiger partial charge in [-0.2, -0.15) is 0 Å². The number of halogens is 1. The van der Waals surface area contributed by atoms with E-state index in [0.29, 0.717) is 13.1 Å². The molecule has 1 fully saturated rings. The van der Waals surface area contributed by atoms with Crippen LogP contribution in [0, 0.1) is 0 Å². The van der Waals surface area contributed by atoms with Crippen molar-refractivity contribution in [1.82, 2.24) is 19.8 Å². The molecule has 0 saturated carbocycles. The first-order chi connectivity index (χ1) is 8.20. The van der Waals surface area contributed by atoms with Crippen LogP contribution in [0.1, 0.15) is 16.3 Å². The van der Waals surface area contributed by atoms with Gasteiger partial charge in [-0.05, 0) is 13.1 Å². The van der Waals surface area contributed by atoms with Crippen molar-refractivity contribution in [1.29, 1.82) is 0 Å². The average Bonchev–Trinajstić information content (AvgIpc) is 2.39. The van der Waals surface area contributed by atoms with E-state index in [9.17, 15) is 9.18 Å². The highest BCUT2D eigenvalue weighted by atomic mass is 19.1. The first-order valence-electron chi connectivity index (χ1n) is 5.56. The zero-order valence-electron chi connectivity index (χ0n) is 9.77. The molecule has 0 N–H and O–H groups in total. The number of aromatic nitrogens is 2. The molecule has 0 spiro atoms. The van der Waals surface area contributed by atoms with E-state index in [1.54, 1.807) is 4.90 Å². The number of likely N-dealkylation sites (N-methyl/N-ethyl adjacent to an activating group) is 1. The molecule has 1 saturated heterocycles. The second kappa shape index (κ2) is 5.18. The van der Waals surface area contributed by atoms with Crippen molar-refractivity contribution in [3.8, 4) is 0 Å². The van der Waals surface area contributed by atoms with Crippen LogP contribution in [0.2, 0.25) is 0 Å². The number of carbonyl (C=O) groups excluding carboxylic acids is 1. The molecule has 1 amide bonds. The first kappa shape index (κ1) is 11.9. The predicted octanol–water partition coefficient (Wildman–Crippen LogP) is 0.334. The minimum atomic E-state index is -0.746. The monoisotopic (exact) mass is 238 g/mol. The van der Waals surface area contributed by atoms with Gasteiger partial charge in [0.2, 0.25) is 0 Å². The van der Waals surface area contributed by atoms with Gasteiger partial charge in [-0.15, -0.1) is 0 Å². The van der Waals surface area contributed by atoms with Gasteiger partial charge in [-0.1, -0.05) is 0 Å². The smallest absolute Gasteiger partial charge is 0.272 e. The maximum Gasteiger partial charge on any atom is 0.272 e. The third-order valence-corrected chi connectivity index (χ3v) is 2.83. The highest BCUT2D eigenvalue weighted by Crippen LogP contribution is 2.06. The van der Waals surface area contributed by atoms with E-state index in [1.807, 2.05) is 7.05 Å². The van der Waals surface area contributed by atoms with Crippen molar-refractivity contribution in [2.45, 2.75) is 6.67 Å². The summed E-state index contributed by atoms with van der Waals surface area (Å²) in [6.45, 7) is 2.33. The molecule has 1 aliphatic rings. The molecule has 0 radical (unpaired) electrons. The minimum absolute atomic E-state index is 0.0602. The zero-order valence-corrected chi connectivity index (χ0v) is 9.77. The highest BCUT2D eigenvalue weighted by molar-refractivity contribution is 5.92. The van der Waals surface area contributed by atoms with Crippen LogP contribution < -0.4 is 0 Å². The van der Waals surface area contributed by atoms with Gasteiger partial charge in [0.1, 0.15) is 12.4 Å². The van der Waals surface area contributed by atoms with Crippen LogP contribution in [0.5, 0.6) is 0 Å². The van der Waals surface area contributed by atoms with Crippen molar-refractivity contribution >= 4 is 5.91 Å². The van der Waals surface area contributed by atoms with E-state index in [0.717, 1.165) is 13.1 Å². The van der Waals surface area contributed by atoms with Crippen molar-refractivity contribution in [3.05, 3.63) is 23.8 Å². The summed E-state index contributed by atoms with van der Waals surface area (Å²) in [6.07, 6.45) is 1.42. The number of amides is 1. The van der Waals surface area contributed by atoms with Crippen LogP contribution >= 0.6 is 0 Å². The maximum atomic E-state index is 12.4. The van der Waals surface area contributed by atoms with Gasteiger partial charge in [0.05, 0.1) is 0 Å². The molecule has 17 heavy (non-hydrogen) atoms. The van der Waals surface area contributed by atoms with Crippen molar-refractivity contribution in [3.63, 3.8) is 0 Å². The molecule has 5 nitrogen and oxygen atoms in total. The fourth-order valence-corrected chi connectivity index (χ4v) is 1.75. The normalized spacial score (nSPS) is 17.2. The fraction of sp³-hybridized carbons (Fsp3) is 0.545. The summed E-state index contributed by atoms with van der Waals surface area (Å²) in [7, 11) is 2.02. The Hall–Kier alpha value is -1.56. The molecule has 1 aromatic heterocycles. The van der Waals surface area contributed by atoms with Gasteiger partial charge in [-0.25, -0.2) is 14.4 Å². The van der Waals surface area contributed by atoms with E-state index < -0.39 is 6.67 Å². The molecule has 0 atom stereocenters. The first-order valence-corrected chi connectivity index (χ1v) is 5.56. The van der Waals surface area contributed by atoms with Gasteiger partial charge in [-0.3, -0.25) is 4.79 Å². The molecule has 0 bridgehead atoms. The van der Waals surface area contributed by atoms with Crippen molar-refractivity contribution in [2.24, 2.45) is 0 Å². The molecule has 1 aliphatic heterocycles. The lowest BCUT2D eigenvalue weighted by Crippen LogP contribution is -2.47. The van der Waals surface area contributed by atoms with Crippen LogP contribution in [-0.2, 0) is 6.67 Å². The lowest BCUT2D eigenvalue weighted by atomic mass is 10.3. The molecule has 0 aliphatic carbocycles. The lowest BCUT2D eigenvalue weighted by molar-refractivity contribution is 0.0657. The van der Waals surface area contributed by atoms with Crippen LogP contribution in [0.3, 0.4) is 0 Å². The lowest BCUT2D eigenvalue weighted by Gasteiger charge is -2.32. The van der Waals surface area contributed by atoms with Crippen molar-refractivity contribution in [2.75, 3.05) is 33.2 Å². The quantitative estimate of drug-likeness (QED) is 0.745. The molecule has 92 valence electrons. The van der Waals surface area contributed by atoms with Gasteiger partial charge in [0, 0.05) is 32.4 Å². The van der Waals surface area contributed by atoms with E-state index in [1.165, 1.54) is 12.3 Å². The number of carbonyl (C=O) groups is 1. The Bertz CT molecular complexity index is 404. The fourth-order valence-electron chi connectivity index (χ4n) is 1.75. The molecule has 0 aromatic carbocycles. The van der Waals surface area contributed by atoms with Gasteiger partial charge in [0.25, 0.3) is 5.91 Å². The summed E-state index contributed by atoms with van der Waals surface area (Å²) in [4.78, 5) is 23.6. The summed E-state index contributed by atoms with van der Waals surface area (Å²) < 4.78 is 12.4. The van der Waals surface area contributed by atoms with E-state index in [4.69, 9.17) is 0 Å². The van der Waals surface area contributed by atoms with Gasteiger partial charge < -0.3 is 9.80 Å². The molecule has 6 heteroatoms. The summed E-state index contributed by atoms with van der Waals surface area (Å²) in [5.41, 5.74) is 0.275. The molecule has 2 heterocycles. The minimum Gasteiger partial charge on any atom is -0.335 e. The molecular weight excluding hydrogens is 223 g/mol. The molecule has 1 aromatic rings. The van der Waals surface area contributed by atoms with Crippen LogP contribution in [-0.4, -0.2) is 58.9 Å². The zero-order chi connectivity index (χ0) is 12.3. The molecular formula is C11H15FN4O. The van der Waals surface area contributed by atoms with E-state index in [-0.39, 0.29) is 17.4 Å².